The van der Waals surface area contributed by atoms with Crippen molar-refractivity contribution in [3.05, 3.63) is 53.9 Å². The molecule has 1 nitrogen and oxygen atoms in total. The van der Waals surface area contributed by atoms with Crippen molar-refractivity contribution in [2.75, 3.05) is 7.05 Å². The Labute approximate surface area is 78.3 Å². The summed E-state index contributed by atoms with van der Waals surface area (Å²) >= 11 is 0. The van der Waals surface area contributed by atoms with Crippen molar-refractivity contribution >= 4 is 11.8 Å². The highest BCUT2D eigenvalue weighted by Gasteiger charge is 2.11. The third-order valence-electron chi connectivity index (χ3n) is 2.21. The maximum absolute atomic E-state index is 3.70. The number of benzene rings is 1. The van der Waals surface area contributed by atoms with Crippen LogP contribution in [0.2, 0.25) is 0 Å². The van der Waals surface area contributed by atoms with E-state index in [9.17, 15) is 0 Å². The van der Waals surface area contributed by atoms with Crippen molar-refractivity contribution in [3.63, 3.8) is 0 Å². The van der Waals surface area contributed by atoms with Gasteiger partial charge in [0.25, 0.3) is 0 Å². The first-order chi connectivity index (χ1) is 6.33. The normalized spacial score (nSPS) is 13.9. The second-order valence-corrected chi connectivity index (χ2v) is 3.04. The summed E-state index contributed by atoms with van der Waals surface area (Å²) in [6, 6.07) is 8.25. The van der Waals surface area contributed by atoms with Gasteiger partial charge in [0, 0.05) is 18.8 Å². The topological polar surface area (TPSA) is 3.24 Å². The van der Waals surface area contributed by atoms with Crippen LogP contribution in [0.5, 0.6) is 0 Å². The van der Waals surface area contributed by atoms with Crippen molar-refractivity contribution in [2.24, 2.45) is 0 Å². The second-order valence-electron chi connectivity index (χ2n) is 3.04. The summed E-state index contributed by atoms with van der Waals surface area (Å²) in [6.45, 7) is 3.70. The Hall–Kier alpha value is -1.72. The van der Waals surface area contributed by atoms with Crippen molar-refractivity contribution in [1.29, 1.82) is 0 Å². The van der Waals surface area contributed by atoms with Crippen LogP contribution in [0.4, 0.5) is 0 Å². The molecule has 0 amide bonds. The molecule has 0 saturated carbocycles. The van der Waals surface area contributed by atoms with Gasteiger partial charge in [0.2, 0.25) is 0 Å². The molecule has 0 N–H and O–H groups in total. The van der Waals surface area contributed by atoms with Crippen LogP contribution in [0.25, 0.3) is 11.8 Å². The third-order valence-corrected chi connectivity index (χ3v) is 2.21. The number of rotatable bonds is 0. The molecule has 0 aliphatic carbocycles. The molecule has 0 bridgehead atoms. The molecule has 13 heavy (non-hydrogen) atoms. The number of hydrogen-bond donors (Lipinski definition) is 0. The number of nitrogens with zero attached hydrogens (tertiary/aromatic N) is 1. The Morgan fingerprint density at radius 2 is 2.08 bits per heavy atom. The molecule has 1 aromatic rings. The Balaban J connectivity index is 2.67. The zero-order valence-corrected chi connectivity index (χ0v) is 7.62. The zero-order valence-electron chi connectivity index (χ0n) is 7.62. The second kappa shape index (κ2) is 2.96. The maximum atomic E-state index is 3.70. The number of fused-ring (bicyclic) bond motifs is 1. The Bertz CT molecular complexity index is 409. The molecule has 1 heteroatoms. The minimum Gasteiger partial charge on any atom is -0.344 e. The van der Waals surface area contributed by atoms with Gasteiger partial charge >= 0.3 is 0 Å². The average molecular weight is 169 g/mol. The fourth-order valence-electron chi connectivity index (χ4n) is 1.53. The molecule has 2 rings (SSSR count). The van der Waals surface area contributed by atoms with Crippen molar-refractivity contribution in [1.82, 2.24) is 4.90 Å². The molecule has 0 unspecified atom stereocenters. The smallest absolute Gasteiger partial charge is 0.0910 e. The predicted octanol–water partition coefficient (Wildman–Crippen LogP) is 2.73. The van der Waals surface area contributed by atoms with Crippen molar-refractivity contribution < 1.29 is 0 Å². The standard InChI is InChI=1S/C12H11N/c1-3-12-11-7-5-4-6-10(11)8-9-13(12)2/h4-9H,1H2,2H3. The highest BCUT2D eigenvalue weighted by molar-refractivity contribution is 5.76. The summed E-state index contributed by atoms with van der Waals surface area (Å²) in [5.41, 5.74) is 6.42. The lowest BCUT2D eigenvalue weighted by atomic mass is 10.0. The van der Waals surface area contributed by atoms with Crippen LogP contribution < -0.4 is 0 Å². The van der Waals surface area contributed by atoms with E-state index in [1.165, 1.54) is 11.1 Å². The van der Waals surface area contributed by atoms with Gasteiger partial charge in [-0.1, -0.05) is 30.8 Å². The summed E-state index contributed by atoms with van der Waals surface area (Å²) in [7, 11) is 2.00. The van der Waals surface area contributed by atoms with Gasteiger partial charge in [-0.25, -0.2) is 0 Å². The maximum Gasteiger partial charge on any atom is 0.0910 e. The van der Waals surface area contributed by atoms with Gasteiger partial charge < -0.3 is 4.90 Å². The minimum atomic E-state index is 1.04. The van der Waals surface area contributed by atoms with Crippen LogP contribution in [0.1, 0.15) is 11.1 Å². The first-order valence-electron chi connectivity index (χ1n) is 4.23. The molecule has 0 atom stereocenters. The average Bonchev–Trinajstić information content (AvgIpc) is 2.18. The van der Waals surface area contributed by atoms with Gasteiger partial charge in [0.15, 0.2) is 0 Å². The Morgan fingerprint density at radius 3 is 2.85 bits per heavy atom. The lowest BCUT2D eigenvalue weighted by molar-refractivity contribution is 0.655. The molecular formula is C12H11N. The van der Waals surface area contributed by atoms with Crippen LogP contribution in [0.3, 0.4) is 0 Å². The fourth-order valence-corrected chi connectivity index (χ4v) is 1.53. The SMILES string of the molecule is C=C=C1c2ccccc2C=CN1C. The summed E-state index contributed by atoms with van der Waals surface area (Å²) in [6.07, 6.45) is 4.12. The van der Waals surface area contributed by atoms with Crippen LogP contribution in [-0.2, 0) is 0 Å². The summed E-state index contributed by atoms with van der Waals surface area (Å²) in [5, 5.41) is 0. The van der Waals surface area contributed by atoms with Crippen LogP contribution >= 0.6 is 0 Å². The molecule has 64 valence electrons. The van der Waals surface area contributed by atoms with E-state index in [-0.39, 0.29) is 0 Å². The van der Waals surface area contributed by atoms with Gasteiger partial charge in [0.05, 0.1) is 5.70 Å². The van der Waals surface area contributed by atoms with E-state index in [2.05, 4.69) is 30.5 Å². The van der Waals surface area contributed by atoms with Crippen LogP contribution in [-0.4, -0.2) is 11.9 Å². The highest BCUT2D eigenvalue weighted by atomic mass is 15.1. The zero-order chi connectivity index (χ0) is 9.26. The molecule has 0 spiro atoms. The van der Waals surface area contributed by atoms with Crippen molar-refractivity contribution in [3.8, 4) is 0 Å². The molecule has 0 fully saturated rings. The van der Waals surface area contributed by atoms with Crippen LogP contribution in [0, 0.1) is 0 Å². The van der Waals surface area contributed by atoms with E-state index in [0.717, 1.165) is 5.70 Å². The minimum absolute atomic E-state index is 1.04. The van der Waals surface area contributed by atoms with E-state index in [4.69, 9.17) is 0 Å². The molecular weight excluding hydrogens is 158 g/mol. The van der Waals surface area contributed by atoms with E-state index >= 15 is 0 Å². The molecule has 1 aromatic carbocycles. The Kier molecular flexibility index (Phi) is 1.80. The van der Waals surface area contributed by atoms with Gasteiger partial charge in [0.1, 0.15) is 0 Å². The monoisotopic (exact) mass is 169 g/mol. The molecule has 0 radical (unpaired) electrons. The van der Waals surface area contributed by atoms with Gasteiger partial charge in [-0.05, 0) is 11.6 Å². The van der Waals surface area contributed by atoms with Gasteiger partial charge in [-0.15, -0.1) is 5.73 Å². The fraction of sp³-hybridized carbons (Fsp3) is 0.0833. The van der Waals surface area contributed by atoms with Crippen LogP contribution in [0.15, 0.2) is 42.8 Å². The molecule has 0 aromatic heterocycles. The van der Waals surface area contributed by atoms with E-state index < -0.39 is 0 Å². The van der Waals surface area contributed by atoms with Crippen molar-refractivity contribution in [2.45, 2.75) is 0 Å². The first kappa shape index (κ1) is 7.90. The lowest BCUT2D eigenvalue weighted by Crippen LogP contribution is -2.12. The molecule has 1 aliphatic rings. The third kappa shape index (κ3) is 1.20. The number of hydrogen-bond acceptors (Lipinski definition) is 1. The first-order valence-corrected chi connectivity index (χ1v) is 4.23. The molecule has 1 heterocycles. The van der Waals surface area contributed by atoms with Gasteiger partial charge in [-0.3, -0.25) is 0 Å². The predicted molar refractivity (Wildman–Crippen MR) is 55.8 cm³/mol. The quantitative estimate of drug-likeness (QED) is 0.540. The van der Waals surface area contributed by atoms with E-state index in [0.29, 0.717) is 0 Å². The highest BCUT2D eigenvalue weighted by Crippen LogP contribution is 2.26. The van der Waals surface area contributed by atoms with E-state index in [1.54, 1.807) is 0 Å². The van der Waals surface area contributed by atoms with E-state index in [1.807, 2.05) is 30.3 Å². The lowest BCUT2D eigenvalue weighted by Gasteiger charge is -2.22. The molecule has 1 aliphatic heterocycles. The summed E-state index contributed by atoms with van der Waals surface area (Å²) in [4.78, 5) is 2.02. The Morgan fingerprint density at radius 1 is 1.31 bits per heavy atom. The van der Waals surface area contributed by atoms with Gasteiger partial charge in [-0.2, -0.15) is 0 Å². The summed E-state index contributed by atoms with van der Waals surface area (Å²) < 4.78 is 0. The molecule has 0 saturated heterocycles. The largest absolute Gasteiger partial charge is 0.344 e. The summed E-state index contributed by atoms with van der Waals surface area (Å²) in [5.74, 6) is 0.